The number of thioether (sulfide) groups is 1. The molecule has 0 saturated heterocycles. The number of amides is 1. The van der Waals surface area contributed by atoms with Crippen LogP contribution in [0.4, 0.5) is 62.6 Å². The van der Waals surface area contributed by atoms with Crippen LogP contribution in [0.25, 0.3) is 0 Å². The monoisotopic (exact) mass is 1480 g/mol. The van der Waals surface area contributed by atoms with Crippen molar-refractivity contribution in [1.82, 2.24) is 0 Å². The summed E-state index contributed by atoms with van der Waals surface area (Å²) in [4.78, 5) is 42.4. The molecular formula is C94H105N11O4S. The van der Waals surface area contributed by atoms with Crippen molar-refractivity contribution in [2.24, 2.45) is 0 Å². The van der Waals surface area contributed by atoms with Crippen molar-refractivity contribution < 1.29 is 19.4 Å². The Morgan fingerprint density at radius 1 is 0.409 bits per heavy atom. The van der Waals surface area contributed by atoms with Crippen LogP contribution < -0.4 is 59.9 Å². The first-order chi connectivity index (χ1) is 53.1. The summed E-state index contributed by atoms with van der Waals surface area (Å²) in [5, 5.41) is 20.3. The van der Waals surface area contributed by atoms with Crippen LogP contribution in [0.3, 0.4) is 0 Å². The molecule has 1 amide bonds. The highest BCUT2D eigenvalue weighted by molar-refractivity contribution is 8.00. The number of nitrogens with zero attached hydrogens (tertiary/aromatic N) is 8. The molecule has 0 fully saturated rings. The molecule has 3 aliphatic rings. The second kappa shape index (κ2) is 39.1. The standard InChI is InChI=1S/C17H21N3.C16H19NO.C16H17NO.2C15H16N2O.C15H16N2S/c1-18(2)14-11-9-13(10-12-14)17-19(3)15-7-5-6-8-16(15)20(17)4;2*1-17(2)15-10-8-14(9-11-15)16(18)12-13-6-4-3-5-7-13;1-17(2)12-9-7-11(8-10-12)15-16-13-5-3-4-6-14(13)18-15;1-17(2)14-10-8-13(9-11-14)16-15(18)12-6-4-3-5-7-12;1-17(2)12-9-7-11(8-10-12)15-16-13-5-3-4-6-14(13)18-15/h5-12,17H,1-4H3;3-11,16,18H,12H2,1-2H3;3-11H,12H2,1-2H3;3-10,15-16H,1-2H3;3-11H,1-2H3,(H,16,18);3-10,15-16H,1-2H3. The van der Waals surface area contributed by atoms with Gasteiger partial charge in [-0.05, 0) is 173 Å². The summed E-state index contributed by atoms with van der Waals surface area (Å²) in [7, 11) is 28.6. The Kier molecular flexibility index (Phi) is 28.6. The number of anilines is 11. The number of hydrogen-bond acceptors (Lipinski definition) is 15. The Hall–Kier alpha value is -12.1. The first-order valence-electron chi connectivity index (χ1n) is 37.0. The number of hydrogen-bond donors (Lipinski definition) is 4. The minimum absolute atomic E-state index is 0.0846. The Morgan fingerprint density at radius 3 is 1.27 bits per heavy atom. The smallest absolute Gasteiger partial charge is 0.255 e. The lowest BCUT2D eigenvalue weighted by molar-refractivity contribution is 0.0991. The molecule has 0 aliphatic carbocycles. The number of ether oxygens (including phenoxy) is 1. The van der Waals surface area contributed by atoms with E-state index >= 15 is 0 Å². The van der Waals surface area contributed by atoms with E-state index in [0.717, 1.165) is 62.0 Å². The van der Waals surface area contributed by atoms with Crippen LogP contribution in [-0.4, -0.2) is 115 Å². The number of fused-ring (bicyclic) bond motifs is 3. The van der Waals surface area contributed by atoms with Gasteiger partial charge in [0.05, 0.1) is 23.2 Å². The lowest BCUT2D eigenvalue weighted by Crippen LogP contribution is -2.30. The number of aliphatic hydroxyl groups excluding tert-OH is 1. The topological polar surface area (TPSA) is 126 Å². The van der Waals surface area contributed by atoms with E-state index in [4.69, 9.17) is 4.74 Å². The highest BCUT2D eigenvalue weighted by atomic mass is 32.2. The molecule has 3 heterocycles. The third-order valence-electron chi connectivity index (χ3n) is 19.0. The van der Waals surface area contributed by atoms with Crippen LogP contribution in [-0.2, 0) is 12.8 Å². The van der Waals surface area contributed by atoms with Crippen molar-refractivity contribution in [3.8, 4) is 5.75 Å². The van der Waals surface area contributed by atoms with Gasteiger partial charge >= 0.3 is 0 Å². The molecular weight excluding hydrogens is 1380 g/mol. The molecule has 15 nitrogen and oxygen atoms in total. The molecule has 110 heavy (non-hydrogen) atoms. The largest absolute Gasteiger partial charge is 0.464 e. The summed E-state index contributed by atoms with van der Waals surface area (Å²) < 4.78 is 5.87. The quantitative estimate of drug-likeness (QED) is 0.0646. The summed E-state index contributed by atoms with van der Waals surface area (Å²) >= 11 is 1.88. The Labute approximate surface area is 656 Å². The number of ketones is 1. The summed E-state index contributed by atoms with van der Waals surface area (Å²) in [6, 6.07) is 104. The van der Waals surface area contributed by atoms with Crippen molar-refractivity contribution in [3.63, 3.8) is 0 Å². The van der Waals surface area contributed by atoms with Crippen molar-refractivity contribution >= 4 is 86.0 Å². The molecule has 12 aromatic carbocycles. The molecule has 0 aromatic heterocycles. The second-order valence-corrected chi connectivity index (χ2v) is 29.4. The highest BCUT2D eigenvalue weighted by Gasteiger charge is 2.32. The van der Waals surface area contributed by atoms with E-state index in [-0.39, 0.29) is 24.1 Å². The van der Waals surface area contributed by atoms with Gasteiger partial charge in [-0.25, -0.2) is 0 Å². The van der Waals surface area contributed by atoms with E-state index in [1.807, 2.05) is 259 Å². The Bertz CT molecular complexity index is 4620. The number of rotatable bonds is 17. The number of carbonyl (C=O) groups is 2. The van der Waals surface area contributed by atoms with E-state index < -0.39 is 6.10 Å². The van der Waals surface area contributed by atoms with Gasteiger partial charge in [-0.3, -0.25) is 9.59 Å². The minimum atomic E-state index is -0.441. The molecule has 566 valence electrons. The fraction of sp³-hybridized carbons (Fsp3) is 0.213. The van der Waals surface area contributed by atoms with Gasteiger partial charge in [0.25, 0.3) is 5.91 Å². The van der Waals surface area contributed by atoms with Crippen LogP contribution in [0.1, 0.15) is 78.0 Å². The van der Waals surface area contributed by atoms with Gasteiger partial charge in [-0.2, -0.15) is 0 Å². The maximum atomic E-state index is 12.1. The van der Waals surface area contributed by atoms with Crippen molar-refractivity contribution in [3.05, 3.63) is 354 Å². The number of nitrogens with one attached hydrogen (secondary N) is 3. The molecule has 3 atom stereocenters. The molecule has 0 spiro atoms. The lowest BCUT2D eigenvalue weighted by atomic mass is 10.0. The zero-order chi connectivity index (χ0) is 78.2. The first kappa shape index (κ1) is 80.4. The van der Waals surface area contributed by atoms with Gasteiger partial charge in [-0.15, -0.1) is 0 Å². The first-order valence-corrected chi connectivity index (χ1v) is 37.8. The van der Waals surface area contributed by atoms with Crippen LogP contribution in [0.5, 0.6) is 5.75 Å². The maximum Gasteiger partial charge on any atom is 0.255 e. The number of Topliss-reactive ketones (excluding diaryl/α,β-unsaturated/α-hetero) is 1. The number of carbonyl (C=O) groups excluding carboxylic acids is 2. The molecule has 16 heteroatoms. The van der Waals surface area contributed by atoms with Gasteiger partial charge in [0.2, 0.25) is 0 Å². The van der Waals surface area contributed by atoms with Gasteiger partial charge in [-0.1, -0.05) is 176 Å². The third kappa shape index (κ3) is 22.3. The predicted octanol–water partition coefficient (Wildman–Crippen LogP) is 19.8. The van der Waals surface area contributed by atoms with E-state index in [9.17, 15) is 14.7 Å². The fourth-order valence-electron chi connectivity index (χ4n) is 12.6. The maximum absolute atomic E-state index is 12.1. The molecule has 0 bridgehead atoms. The molecule has 0 radical (unpaired) electrons. The van der Waals surface area contributed by atoms with Gasteiger partial charge in [0.15, 0.2) is 12.0 Å². The number of aliphatic hydroxyl groups is 1. The van der Waals surface area contributed by atoms with Gasteiger partial charge in [0, 0.05) is 179 Å². The molecule has 3 unspecified atom stereocenters. The fourth-order valence-corrected chi connectivity index (χ4v) is 13.7. The zero-order valence-electron chi connectivity index (χ0n) is 65.8. The van der Waals surface area contributed by atoms with Crippen molar-refractivity contribution in [1.29, 1.82) is 0 Å². The van der Waals surface area contributed by atoms with E-state index in [0.29, 0.717) is 23.8 Å². The van der Waals surface area contributed by atoms with Crippen molar-refractivity contribution in [2.45, 2.75) is 41.6 Å². The van der Waals surface area contributed by atoms with E-state index in [2.05, 4.69) is 204 Å². The average molecular weight is 1490 g/mol. The second-order valence-electron chi connectivity index (χ2n) is 28.3. The highest BCUT2D eigenvalue weighted by Crippen LogP contribution is 2.47. The summed E-state index contributed by atoms with van der Waals surface area (Å²) in [6.07, 6.45) is 0.857. The van der Waals surface area contributed by atoms with Gasteiger partial charge in [0.1, 0.15) is 17.3 Å². The third-order valence-corrected chi connectivity index (χ3v) is 20.2. The van der Waals surface area contributed by atoms with Gasteiger partial charge < -0.3 is 65.0 Å². The SMILES string of the molecule is CN(C)c1ccc(C(=O)Cc2ccccc2)cc1.CN(C)c1ccc(C(O)Cc2ccccc2)cc1.CN(C)c1ccc(C2N(C)c3ccccc3N2C)cc1.CN(C)c1ccc(C2Nc3ccccc3O2)cc1.CN(C)c1ccc(C2Nc3ccccc3S2)cc1.CN(C)c1ccc(NC(=O)c2ccccc2)cc1. The van der Waals surface area contributed by atoms with Crippen LogP contribution in [0.15, 0.2) is 314 Å². The van der Waals surface area contributed by atoms with Crippen molar-refractivity contribution in [2.75, 3.05) is 154 Å². The molecule has 12 aromatic rings. The summed E-state index contributed by atoms with van der Waals surface area (Å²) in [6.45, 7) is 0. The minimum Gasteiger partial charge on any atom is -0.464 e. The van der Waals surface area contributed by atoms with E-state index in [1.165, 1.54) is 50.1 Å². The Balaban J connectivity index is 0.000000141. The van der Waals surface area contributed by atoms with Crippen LogP contribution in [0.2, 0.25) is 0 Å². The number of para-hydroxylation sites is 5. The zero-order valence-corrected chi connectivity index (χ0v) is 66.6. The van der Waals surface area contributed by atoms with Crippen LogP contribution >= 0.6 is 11.8 Å². The van der Waals surface area contributed by atoms with E-state index in [1.54, 1.807) is 12.1 Å². The molecule has 3 aliphatic heterocycles. The predicted molar refractivity (Wildman–Crippen MR) is 467 cm³/mol. The summed E-state index contributed by atoms with van der Waals surface area (Å²) in [5.41, 5.74) is 21.1. The van der Waals surface area contributed by atoms with Crippen LogP contribution in [0, 0.1) is 0 Å². The number of benzene rings is 12. The summed E-state index contributed by atoms with van der Waals surface area (Å²) in [5.74, 6) is 0.985. The molecule has 0 saturated carbocycles. The molecule has 15 rings (SSSR count). The lowest BCUT2D eigenvalue weighted by Gasteiger charge is -2.28. The normalized spacial score (nSPS) is 13.4. The average Bonchev–Trinajstić information content (AvgIpc) is 1.63. The molecule has 4 N–H and O–H groups in total. The Morgan fingerprint density at radius 2 is 0.800 bits per heavy atom.